The average molecular weight is 389 g/mol. The molecule has 2 aromatic heterocycles. The first-order valence-electron chi connectivity index (χ1n) is 9.80. The summed E-state index contributed by atoms with van der Waals surface area (Å²) in [7, 11) is 0. The maximum atomic E-state index is 13.0. The third kappa shape index (κ3) is 4.51. The van der Waals surface area contributed by atoms with Crippen LogP contribution in [-0.2, 0) is 11.3 Å². The standard InChI is InChI=1S/C22H23N5O2/c28-21(27-13-7-5-11-20(27)19-10-4-6-12-23-19)16-26-15-18(14-24-26)25-22(29)17-8-2-1-3-9-17/h1-4,6,8-10,12,14-15,20H,5,7,11,13,16H2,(H,25,29)/t20-/m1/s1. The summed E-state index contributed by atoms with van der Waals surface area (Å²) < 4.78 is 1.56. The molecule has 29 heavy (non-hydrogen) atoms. The monoisotopic (exact) mass is 389 g/mol. The Hall–Kier alpha value is -3.48. The number of likely N-dealkylation sites (tertiary alicyclic amines) is 1. The lowest BCUT2D eigenvalue weighted by Crippen LogP contribution is -2.40. The Kier molecular flexibility index (Phi) is 5.65. The molecule has 1 aliphatic rings. The fourth-order valence-corrected chi connectivity index (χ4v) is 3.65. The van der Waals surface area contributed by atoms with Crippen molar-refractivity contribution >= 4 is 17.5 Å². The second kappa shape index (κ2) is 8.68. The number of benzene rings is 1. The Morgan fingerprint density at radius 1 is 1.07 bits per heavy atom. The van der Waals surface area contributed by atoms with Gasteiger partial charge in [-0.2, -0.15) is 5.10 Å². The molecule has 1 aliphatic heterocycles. The van der Waals surface area contributed by atoms with Crippen LogP contribution in [0.1, 0.15) is 41.4 Å². The molecule has 148 valence electrons. The molecular weight excluding hydrogens is 366 g/mol. The highest BCUT2D eigenvalue weighted by molar-refractivity contribution is 6.04. The smallest absolute Gasteiger partial charge is 0.255 e. The average Bonchev–Trinajstić information content (AvgIpc) is 3.21. The molecule has 0 unspecified atom stereocenters. The summed E-state index contributed by atoms with van der Waals surface area (Å²) in [5.41, 5.74) is 2.06. The molecule has 0 saturated carbocycles. The van der Waals surface area contributed by atoms with E-state index in [9.17, 15) is 9.59 Å². The molecule has 1 saturated heterocycles. The number of pyridine rings is 1. The minimum atomic E-state index is -0.206. The molecular formula is C22H23N5O2. The normalized spacial score (nSPS) is 16.4. The fraction of sp³-hybridized carbons (Fsp3) is 0.273. The lowest BCUT2D eigenvalue weighted by Gasteiger charge is -2.35. The van der Waals surface area contributed by atoms with Gasteiger partial charge in [0.05, 0.1) is 23.6 Å². The van der Waals surface area contributed by atoms with Crippen LogP contribution in [0.25, 0.3) is 0 Å². The molecule has 1 fully saturated rings. The number of nitrogens with zero attached hydrogens (tertiary/aromatic N) is 4. The summed E-state index contributed by atoms with van der Waals surface area (Å²) in [6, 6.07) is 14.8. The number of rotatable bonds is 5. The van der Waals surface area contributed by atoms with Gasteiger partial charge < -0.3 is 10.2 Å². The highest BCUT2D eigenvalue weighted by atomic mass is 16.2. The molecule has 0 aliphatic carbocycles. The molecule has 1 N–H and O–H groups in total. The van der Waals surface area contributed by atoms with Gasteiger partial charge in [0.1, 0.15) is 6.54 Å². The summed E-state index contributed by atoms with van der Waals surface area (Å²) in [5, 5.41) is 7.04. The van der Waals surface area contributed by atoms with Crippen LogP contribution in [-0.4, -0.2) is 38.0 Å². The molecule has 0 radical (unpaired) electrons. The Bertz CT molecular complexity index is 971. The number of hydrogen-bond donors (Lipinski definition) is 1. The van der Waals surface area contributed by atoms with Gasteiger partial charge in [0.25, 0.3) is 5.91 Å². The summed E-state index contributed by atoms with van der Waals surface area (Å²) in [6.07, 6.45) is 8.00. The predicted molar refractivity (Wildman–Crippen MR) is 109 cm³/mol. The van der Waals surface area contributed by atoms with Crippen molar-refractivity contribution in [2.24, 2.45) is 0 Å². The van der Waals surface area contributed by atoms with Crippen LogP contribution >= 0.6 is 0 Å². The van der Waals surface area contributed by atoms with Gasteiger partial charge in [-0.3, -0.25) is 19.3 Å². The molecule has 7 heteroatoms. The zero-order chi connectivity index (χ0) is 20.1. The fourth-order valence-electron chi connectivity index (χ4n) is 3.65. The zero-order valence-electron chi connectivity index (χ0n) is 16.1. The number of carbonyl (C=O) groups is 2. The van der Waals surface area contributed by atoms with E-state index in [0.29, 0.717) is 11.3 Å². The minimum Gasteiger partial charge on any atom is -0.332 e. The van der Waals surface area contributed by atoms with Crippen molar-refractivity contribution in [2.45, 2.75) is 31.8 Å². The van der Waals surface area contributed by atoms with Crippen LogP contribution in [0.2, 0.25) is 0 Å². The Morgan fingerprint density at radius 3 is 2.69 bits per heavy atom. The molecule has 4 rings (SSSR count). The lowest BCUT2D eigenvalue weighted by atomic mass is 9.98. The number of piperidine rings is 1. The number of anilines is 1. The minimum absolute atomic E-state index is 0.00406. The summed E-state index contributed by atoms with van der Waals surface area (Å²) in [5.74, 6) is -0.202. The Labute approximate surface area is 169 Å². The van der Waals surface area contributed by atoms with Crippen molar-refractivity contribution in [1.29, 1.82) is 0 Å². The van der Waals surface area contributed by atoms with E-state index in [1.165, 1.54) is 0 Å². The van der Waals surface area contributed by atoms with E-state index in [4.69, 9.17) is 0 Å². The number of hydrogen-bond acceptors (Lipinski definition) is 4. The molecule has 3 heterocycles. The first-order valence-corrected chi connectivity index (χ1v) is 9.80. The highest BCUT2D eigenvalue weighted by Gasteiger charge is 2.28. The number of nitrogens with one attached hydrogen (secondary N) is 1. The van der Waals surface area contributed by atoms with Crippen molar-refractivity contribution in [3.8, 4) is 0 Å². The van der Waals surface area contributed by atoms with E-state index < -0.39 is 0 Å². The summed E-state index contributed by atoms with van der Waals surface area (Å²) in [4.78, 5) is 31.6. The third-order valence-corrected chi connectivity index (χ3v) is 5.08. The van der Waals surface area contributed by atoms with Gasteiger partial charge in [-0.05, 0) is 43.5 Å². The van der Waals surface area contributed by atoms with Crippen molar-refractivity contribution in [3.63, 3.8) is 0 Å². The first kappa shape index (κ1) is 18.9. The zero-order valence-corrected chi connectivity index (χ0v) is 16.1. The SMILES string of the molecule is O=C(Nc1cnn(CC(=O)N2CCCC[C@@H]2c2ccccn2)c1)c1ccccc1. The third-order valence-electron chi connectivity index (χ3n) is 5.08. The van der Waals surface area contributed by atoms with E-state index in [0.717, 1.165) is 31.5 Å². The van der Waals surface area contributed by atoms with Crippen molar-refractivity contribution in [1.82, 2.24) is 19.7 Å². The maximum Gasteiger partial charge on any atom is 0.255 e. The molecule has 0 bridgehead atoms. The molecule has 7 nitrogen and oxygen atoms in total. The van der Waals surface area contributed by atoms with Crippen molar-refractivity contribution in [2.75, 3.05) is 11.9 Å². The molecule has 0 spiro atoms. The van der Waals surface area contributed by atoms with Gasteiger partial charge in [0, 0.05) is 24.5 Å². The van der Waals surface area contributed by atoms with E-state index in [1.54, 1.807) is 35.4 Å². The van der Waals surface area contributed by atoms with Crippen LogP contribution in [0.4, 0.5) is 5.69 Å². The summed E-state index contributed by atoms with van der Waals surface area (Å²) in [6.45, 7) is 0.851. The van der Waals surface area contributed by atoms with E-state index in [1.807, 2.05) is 41.3 Å². The maximum absolute atomic E-state index is 13.0. The Morgan fingerprint density at radius 2 is 1.90 bits per heavy atom. The topological polar surface area (TPSA) is 80.1 Å². The van der Waals surface area contributed by atoms with E-state index >= 15 is 0 Å². The molecule has 1 aromatic carbocycles. The van der Waals surface area contributed by atoms with E-state index in [2.05, 4.69) is 15.4 Å². The van der Waals surface area contributed by atoms with E-state index in [-0.39, 0.29) is 24.4 Å². The van der Waals surface area contributed by atoms with Gasteiger partial charge in [-0.25, -0.2) is 0 Å². The van der Waals surface area contributed by atoms with Gasteiger partial charge in [-0.15, -0.1) is 0 Å². The highest BCUT2D eigenvalue weighted by Crippen LogP contribution is 2.29. The van der Waals surface area contributed by atoms with Crippen LogP contribution in [0.3, 0.4) is 0 Å². The van der Waals surface area contributed by atoms with Gasteiger partial charge in [-0.1, -0.05) is 24.3 Å². The largest absolute Gasteiger partial charge is 0.332 e. The Balaban J connectivity index is 1.41. The van der Waals surface area contributed by atoms with Crippen molar-refractivity contribution < 1.29 is 9.59 Å². The number of carbonyl (C=O) groups excluding carboxylic acids is 2. The van der Waals surface area contributed by atoms with Crippen LogP contribution in [0.15, 0.2) is 67.1 Å². The number of aromatic nitrogens is 3. The molecule has 3 aromatic rings. The molecule has 1 atom stereocenters. The van der Waals surface area contributed by atoms with Crippen molar-refractivity contribution in [3.05, 3.63) is 78.4 Å². The second-order valence-corrected chi connectivity index (χ2v) is 7.10. The van der Waals surface area contributed by atoms with Crippen LogP contribution < -0.4 is 5.32 Å². The second-order valence-electron chi connectivity index (χ2n) is 7.10. The van der Waals surface area contributed by atoms with Crippen LogP contribution in [0.5, 0.6) is 0 Å². The lowest BCUT2D eigenvalue weighted by molar-refractivity contribution is -0.136. The van der Waals surface area contributed by atoms with Gasteiger partial charge in [0.2, 0.25) is 5.91 Å². The first-order chi connectivity index (χ1) is 14.2. The predicted octanol–water partition coefficient (Wildman–Crippen LogP) is 3.28. The van der Waals surface area contributed by atoms with Crippen LogP contribution in [0, 0.1) is 0 Å². The number of amides is 2. The quantitative estimate of drug-likeness (QED) is 0.726. The summed E-state index contributed by atoms with van der Waals surface area (Å²) >= 11 is 0. The molecule has 2 amide bonds. The van der Waals surface area contributed by atoms with Gasteiger partial charge in [0.15, 0.2) is 0 Å². The van der Waals surface area contributed by atoms with Gasteiger partial charge >= 0.3 is 0 Å².